The summed E-state index contributed by atoms with van der Waals surface area (Å²) < 4.78 is 0. The Hall–Kier alpha value is -0.900. The quantitative estimate of drug-likeness (QED) is 0.799. The fraction of sp³-hybridized carbons (Fsp3) is 0.818. The monoisotopic (exact) mass is 208 g/mol. The third-order valence-electron chi connectivity index (χ3n) is 3.27. The van der Waals surface area contributed by atoms with Gasteiger partial charge in [-0.2, -0.15) is 5.10 Å². The van der Waals surface area contributed by atoms with Gasteiger partial charge in [0.2, 0.25) is 0 Å². The van der Waals surface area contributed by atoms with Crippen LogP contribution in [0, 0.1) is 5.92 Å². The normalized spacial score (nSPS) is 28.9. The fourth-order valence-electron chi connectivity index (χ4n) is 2.44. The fourth-order valence-corrected chi connectivity index (χ4v) is 2.44. The van der Waals surface area contributed by atoms with Gasteiger partial charge >= 0.3 is 0 Å². The van der Waals surface area contributed by atoms with E-state index in [4.69, 9.17) is 0 Å². The maximum absolute atomic E-state index is 4.17. The summed E-state index contributed by atoms with van der Waals surface area (Å²) in [5.41, 5.74) is 0. The van der Waals surface area contributed by atoms with E-state index in [9.17, 15) is 0 Å². The van der Waals surface area contributed by atoms with Crippen molar-refractivity contribution in [1.82, 2.24) is 20.5 Å². The van der Waals surface area contributed by atoms with Crippen LogP contribution >= 0.6 is 0 Å². The molecule has 2 N–H and O–H groups in total. The van der Waals surface area contributed by atoms with Crippen LogP contribution in [0.5, 0.6) is 0 Å². The molecule has 1 aromatic heterocycles. The van der Waals surface area contributed by atoms with Gasteiger partial charge in [0.05, 0.1) is 6.04 Å². The second-order valence-electron chi connectivity index (χ2n) is 4.73. The predicted molar refractivity (Wildman–Crippen MR) is 59.4 cm³/mol. The van der Waals surface area contributed by atoms with Gasteiger partial charge in [-0.25, -0.2) is 4.98 Å². The lowest BCUT2D eigenvalue weighted by atomic mass is 9.87. The van der Waals surface area contributed by atoms with Crippen LogP contribution in [-0.4, -0.2) is 21.2 Å². The molecule has 15 heavy (non-hydrogen) atoms. The van der Waals surface area contributed by atoms with Gasteiger partial charge < -0.3 is 5.32 Å². The van der Waals surface area contributed by atoms with Crippen molar-refractivity contribution in [3.63, 3.8) is 0 Å². The minimum atomic E-state index is 0.280. The molecule has 1 fully saturated rings. The molecule has 1 aliphatic rings. The summed E-state index contributed by atoms with van der Waals surface area (Å²) in [7, 11) is 0. The molecule has 1 aliphatic carbocycles. The number of aromatic nitrogens is 3. The zero-order valence-corrected chi connectivity index (χ0v) is 9.53. The standard InChI is InChI=1S/C11H20N4/c1-8-4-3-5-10(6-8)14-9(2)11-12-7-13-15-11/h7-10,14H,3-6H2,1-2H3,(H,12,13,15). The van der Waals surface area contributed by atoms with Crippen LogP contribution in [0.3, 0.4) is 0 Å². The van der Waals surface area contributed by atoms with Gasteiger partial charge in [-0.3, -0.25) is 5.10 Å². The van der Waals surface area contributed by atoms with Gasteiger partial charge in [-0.05, 0) is 25.7 Å². The Bertz CT molecular complexity index is 283. The van der Waals surface area contributed by atoms with Gasteiger partial charge in [0.1, 0.15) is 12.2 Å². The average Bonchev–Trinajstić information content (AvgIpc) is 2.70. The number of H-pyrrole nitrogens is 1. The van der Waals surface area contributed by atoms with E-state index in [1.807, 2.05) is 0 Å². The van der Waals surface area contributed by atoms with Gasteiger partial charge in [0.25, 0.3) is 0 Å². The molecule has 2 rings (SSSR count). The molecule has 1 heterocycles. The highest BCUT2D eigenvalue weighted by Crippen LogP contribution is 2.24. The number of hydrogen-bond acceptors (Lipinski definition) is 3. The molecule has 1 aromatic rings. The van der Waals surface area contributed by atoms with Crippen LogP contribution in [0.2, 0.25) is 0 Å². The van der Waals surface area contributed by atoms with Crippen molar-refractivity contribution < 1.29 is 0 Å². The highest BCUT2D eigenvalue weighted by atomic mass is 15.2. The van der Waals surface area contributed by atoms with Crippen LogP contribution in [0.4, 0.5) is 0 Å². The first-order chi connectivity index (χ1) is 7.25. The molecule has 4 nitrogen and oxygen atoms in total. The Kier molecular flexibility index (Phi) is 3.36. The first kappa shape index (κ1) is 10.6. The van der Waals surface area contributed by atoms with Crippen molar-refractivity contribution in [3.8, 4) is 0 Å². The third-order valence-corrected chi connectivity index (χ3v) is 3.27. The summed E-state index contributed by atoms with van der Waals surface area (Å²) in [5.74, 6) is 1.80. The lowest BCUT2D eigenvalue weighted by Crippen LogP contribution is -2.35. The van der Waals surface area contributed by atoms with Gasteiger partial charge in [0.15, 0.2) is 0 Å². The van der Waals surface area contributed by atoms with E-state index in [0.29, 0.717) is 6.04 Å². The van der Waals surface area contributed by atoms with Crippen molar-refractivity contribution in [1.29, 1.82) is 0 Å². The molecule has 4 heteroatoms. The Morgan fingerprint density at radius 2 is 2.40 bits per heavy atom. The summed E-state index contributed by atoms with van der Waals surface area (Å²) in [6.07, 6.45) is 6.88. The third kappa shape index (κ3) is 2.78. The largest absolute Gasteiger partial charge is 0.305 e. The lowest BCUT2D eigenvalue weighted by molar-refractivity contribution is 0.283. The number of nitrogens with one attached hydrogen (secondary N) is 2. The molecule has 0 aliphatic heterocycles. The van der Waals surface area contributed by atoms with Crippen LogP contribution in [0.15, 0.2) is 6.33 Å². The molecular weight excluding hydrogens is 188 g/mol. The van der Waals surface area contributed by atoms with E-state index in [0.717, 1.165) is 11.7 Å². The average molecular weight is 208 g/mol. The highest BCUT2D eigenvalue weighted by Gasteiger charge is 2.21. The predicted octanol–water partition coefficient (Wildman–Crippen LogP) is 2.03. The molecule has 3 atom stereocenters. The summed E-state index contributed by atoms with van der Waals surface area (Å²) in [6, 6.07) is 0.927. The summed E-state index contributed by atoms with van der Waals surface area (Å²) in [5, 5.41) is 10.4. The zero-order valence-electron chi connectivity index (χ0n) is 9.53. The highest BCUT2D eigenvalue weighted by molar-refractivity contribution is 4.91. The van der Waals surface area contributed by atoms with Crippen LogP contribution in [-0.2, 0) is 0 Å². The molecule has 0 radical (unpaired) electrons. The Morgan fingerprint density at radius 1 is 1.53 bits per heavy atom. The van der Waals surface area contributed by atoms with Gasteiger partial charge in [-0.1, -0.05) is 19.8 Å². The van der Waals surface area contributed by atoms with E-state index in [2.05, 4.69) is 34.3 Å². The van der Waals surface area contributed by atoms with E-state index in [1.54, 1.807) is 6.33 Å². The van der Waals surface area contributed by atoms with Gasteiger partial charge in [0, 0.05) is 6.04 Å². The first-order valence-corrected chi connectivity index (χ1v) is 5.87. The Morgan fingerprint density at radius 3 is 3.07 bits per heavy atom. The Balaban J connectivity index is 1.86. The molecule has 0 spiro atoms. The summed E-state index contributed by atoms with van der Waals surface area (Å²) in [6.45, 7) is 4.48. The second kappa shape index (κ2) is 4.75. The van der Waals surface area contributed by atoms with Crippen LogP contribution in [0.25, 0.3) is 0 Å². The summed E-state index contributed by atoms with van der Waals surface area (Å²) in [4.78, 5) is 4.17. The minimum absolute atomic E-state index is 0.280. The summed E-state index contributed by atoms with van der Waals surface area (Å²) >= 11 is 0. The number of aromatic amines is 1. The molecule has 3 unspecified atom stereocenters. The van der Waals surface area contributed by atoms with E-state index in [1.165, 1.54) is 25.7 Å². The maximum Gasteiger partial charge on any atom is 0.141 e. The first-order valence-electron chi connectivity index (χ1n) is 5.87. The zero-order chi connectivity index (χ0) is 10.7. The van der Waals surface area contributed by atoms with E-state index < -0.39 is 0 Å². The van der Waals surface area contributed by atoms with E-state index in [-0.39, 0.29) is 6.04 Å². The lowest BCUT2D eigenvalue weighted by Gasteiger charge is -2.29. The van der Waals surface area contributed by atoms with Gasteiger partial charge in [-0.15, -0.1) is 0 Å². The molecular formula is C11H20N4. The smallest absolute Gasteiger partial charge is 0.141 e. The molecule has 0 bridgehead atoms. The van der Waals surface area contributed by atoms with Crippen LogP contribution in [0.1, 0.15) is 51.4 Å². The molecule has 0 saturated heterocycles. The van der Waals surface area contributed by atoms with Crippen molar-refractivity contribution >= 4 is 0 Å². The molecule has 84 valence electrons. The SMILES string of the molecule is CC1CCCC(NC(C)c2ncn[nH]2)C1. The molecule has 0 aromatic carbocycles. The number of rotatable bonds is 3. The number of hydrogen-bond donors (Lipinski definition) is 2. The molecule has 0 amide bonds. The topological polar surface area (TPSA) is 53.6 Å². The van der Waals surface area contributed by atoms with Crippen molar-refractivity contribution in [2.75, 3.05) is 0 Å². The maximum atomic E-state index is 4.17. The van der Waals surface area contributed by atoms with Crippen molar-refractivity contribution in [2.24, 2.45) is 5.92 Å². The number of nitrogens with zero attached hydrogens (tertiary/aromatic N) is 2. The second-order valence-corrected chi connectivity index (χ2v) is 4.73. The Labute approximate surface area is 90.9 Å². The van der Waals surface area contributed by atoms with E-state index >= 15 is 0 Å². The van der Waals surface area contributed by atoms with Crippen molar-refractivity contribution in [3.05, 3.63) is 12.2 Å². The van der Waals surface area contributed by atoms with Crippen molar-refractivity contribution in [2.45, 2.75) is 51.6 Å². The molecule has 1 saturated carbocycles. The minimum Gasteiger partial charge on any atom is -0.305 e. The van der Waals surface area contributed by atoms with Crippen LogP contribution < -0.4 is 5.32 Å².